The van der Waals surface area contributed by atoms with Gasteiger partial charge in [0.05, 0.1) is 5.69 Å². The molecular formula is C26H32FN3O. The van der Waals surface area contributed by atoms with Gasteiger partial charge in [-0.3, -0.25) is 9.69 Å². The van der Waals surface area contributed by atoms with E-state index in [0.29, 0.717) is 12.2 Å². The molecule has 1 amide bonds. The van der Waals surface area contributed by atoms with Crippen molar-refractivity contribution in [2.24, 2.45) is 0 Å². The predicted molar refractivity (Wildman–Crippen MR) is 125 cm³/mol. The number of nitrogens with zero attached hydrogens (tertiary/aromatic N) is 2. The number of hydrogen-bond acceptors (Lipinski definition) is 3. The summed E-state index contributed by atoms with van der Waals surface area (Å²) in [6.07, 6.45) is 3.79. The number of para-hydroxylation sites is 1. The van der Waals surface area contributed by atoms with Crippen LogP contribution in [0.5, 0.6) is 0 Å². The minimum atomic E-state index is -0.140. The molecule has 0 bridgehead atoms. The fraction of sp³-hybridized carbons (Fsp3) is 0.423. The van der Waals surface area contributed by atoms with Gasteiger partial charge in [-0.05, 0) is 68.0 Å². The molecule has 1 aliphatic carbocycles. The Bertz CT molecular complexity index is 947. The van der Waals surface area contributed by atoms with E-state index in [1.807, 2.05) is 18.2 Å². The lowest BCUT2D eigenvalue weighted by atomic mass is 9.86. The summed E-state index contributed by atoms with van der Waals surface area (Å²) in [6, 6.07) is 15.4. The maximum absolute atomic E-state index is 14.0. The quantitative estimate of drug-likeness (QED) is 0.679. The number of rotatable bonds is 7. The van der Waals surface area contributed by atoms with Crippen LogP contribution in [0.1, 0.15) is 37.3 Å². The van der Waals surface area contributed by atoms with Crippen LogP contribution in [0, 0.1) is 5.82 Å². The van der Waals surface area contributed by atoms with E-state index in [1.54, 1.807) is 6.07 Å². The fourth-order valence-electron chi connectivity index (χ4n) is 4.69. The van der Waals surface area contributed by atoms with Gasteiger partial charge in [0.1, 0.15) is 5.82 Å². The third-order valence-electron chi connectivity index (χ3n) is 6.54. The molecule has 1 saturated heterocycles. The maximum atomic E-state index is 14.0. The molecule has 2 aromatic carbocycles. The molecule has 5 heteroatoms. The summed E-state index contributed by atoms with van der Waals surface area (Å²) in [4.78, 5) is 17.2. The smallest absolute Gasteiger partial charge is 0.247 e. The first-order valence-corrected chi connectivity index (χ1v) is 11.4. The summed E-state index contributed by atoms with van der Waals surface area (Å²) in [5.41, 5.74) is 5.31. The van der Waals surface area contributed by atoms with Gasteiger partial charge < -0.3 is 10.2 Å². The number of aryl methyl sites for hydroxylation is 1. The molecule has 2 aliphatic rings. The molecule has 1 fully saturated rings. The number of unbranched alkanes of at least 4 members (excludes halogenated alkanes) is 1. The van der Waals surface area contributed by atoms with Crippen molar-refractivity contribution in [3.05, 3.63) is 71.0 Å². The normalized spacial score (nSPS) is 16.9. The van der Waals surface area contributed by atoms with E-state index in [9.17, 15) is 9.18 Å². The highest BCUT2D eigenvalue weighted by atomic mass is 19.1. The van der Waals surface area contributed by atoms with Crippen molar-refractivity contribution >= 4 is 17.2 Å². The molecule has 4 nitrogen and oxygen atoms in total. The maximum Gasteiger partial charge on any atom is 0.247 e. The Balaban J connectivity index is 1.16. The van der Waals surface area contributed by atoms with Crippen molar-refractivity contribution in [2.75, 3.05) is 44.2 Å². The van der Waals surface area contributed by atoms with Crippen molar-refractivity contribution < 1.29 is 9.18 Å². The largest absolute Gasteiger partial charge is 0.367 e. The molecule has 1 N–H and O–H groups in total. The molecule has 0 radical (unpaired) electrons. The number of benzene rings is 2. The van der Waals surface area contributed by atoms with Crippen LogP contribution in [0.2, 0.25) is 0 Å². The van der Waals surface area contributed by atoms with Crippen molar-refractivity contribution in [1.82, 2.24) is 10.2 Å². The Morgan fingerprint density at radius 1 is 0.968 bits per heavy atom. The lowest BCUT2D eigenvalue weighted by Crippen LogP contribution is -2.47. The fourth-order valence-corrected chi connectivity index (χ4v) is 4.69. The van der Waals surface area contributed by atoms with Gasteiger partial charge in [-0.25, -0.2) is 4.39 Å². The van der Waals surface area contributed by atoms with Gasteiger partial charge in [0.2, 0.25) is 5.91 Å². The minimum Gasteiger partial charge on any atom is -0.367 e. The van der Waals surface area contributed by atoms with E-state index >= 15 is 0 Å². The number of nitrogens with one attached hydrogen (secondary N) is 1. The summed E-state index contributed by atoms with van der Waals surface area (Å²) in [5, 5.41) is 3.12. The standard InChI is InChI=1S/C26H32FN3O/c1-20-22-9-3-2-8-21(22)12-13-23(20)26(31)28-14-6-7-15-29-16-18-30(19-17-29)25-11-5-4-10-24(25)27/h2-5,8-11H,6-7,12-19H2,1H3,(H,28,31). The van der Waals surface area contributed by atoms with E-state index in [0.717, 1.165) is 69.6 Å². The number of fused-ring (bicyclic) bond motifs is 1. The monoisotopic (exact) mass is 421 g/mol. The first kappa shape index (κ1) is 21.6. The summed E-state index contributed by atoms with van der Waals surface area (Å²) >= 11 is 0. The molecule has 31 heavy (non-hydrogen) atoms. The molecule has 0 spiro atoms. The van der Waals surface area contributed by atoms with Crippen LogP contribution >= 0.6 is 0 Å². The zero-order chi connectivity index (χ0) is 21.6. The first-order chi connectivity index (χ1) is 15.1. The molecule has 4 rings (SSSR count). The van der Waals surface area contributed by atoms with Crippen molar-refractivity contribution in [2.45, 2.75) is 32.6 Å². The van der Waals surface area contributed by atoms with Crippen molar-refractivity contribution in [1.29, 1.82) is 0 Å². The van der Waals surface area contributed by atoms with Crippen molar-refractivity contribution in [3.8, 4) is 0 Å². The van der Waals surface area contributed by atoms with Gasteiger partial charge in [-0.1, -0.05) is 36.4 Å². The average molecular weight is 422 g/mol. The van der Waals surface area contributed by atoms with Gasteiger partial charge in [-0.2, -0.15) is 0 Å². The van der Waals surface area contributed by atoms with Crippen LogP contribution in [0.3, 0.4) is 0 Å². The summed E-state index contributed by atoms with van der Waals surface area (Å²) in [7, 11) is 0. The van der Waals surface area contributed by atoms with Crippen LogP contribution in [-0.2, 0) is 11.2 Å². The summed E-state index contributed by atoms with van der Waals surface area (Å²) < 4.78 is 14.0. The molecule has 0 aromatic heterocycles. The van der Waals surface area contributed by atoms with Crippen LogP contribution < -0.4 is 10.2 Å². The Morgan fingerprint density at radius 2 is 1.71 bits per heavy atom. The lowest BCUT2D eigenvalue weighted by Gasteiger charge is -2.36. The minimum absolute atomic E-state index is 0.0884. The highest BCUT2D eigenvalue weighted by Crippen LogP contribution is 2.30. The Kier molecular flexibility index (Phi) is 7.03. The summed E-state index contributed by atoms with van der Waals surface area (Å²) in [6.45, 7) is 7.41. The Hall–Kier alpha value is -2.66. The van der Waals surface area contributed by atoms with Gasteiger partial charge in [0, 0.05) is 38.3 Å². The molecule has 0 saturated carbocycles. The second-order valence-corrected chi connectivity index (χ2v) is 8.50. The highest BCUT2D eigenvalue weighted by Gasteiger charge is 2.21. The molecule has 0 unspecified atom stereocenters. The third-order valence-corrected chi connectivity index (χ3v) is 6.54. The second-order valence-electron chi connectivity index (χ2n) is 8.50. The number of carbonyl (C=O) groups excluding carboxylic acids is 1. The number of amides is 1. The lowest BCUT2D eigenvalue weighted by molar-refractivity contribution is -0.117. The molecule has 164 valence electrons. The molecule has 1 heterocycles. The number of carbonyl (C=O) groups is 1. The molecular weight excluding hydrogens is 389 g/mol. The Labute approximate surface area is 184 Å². The predicted octanol–water partition coefficient (Wildman–Crippen LogP) is 4.26. The van der Waals surface area contributed by atoms with Gasteiger partial charge >= 0.3 is 0 Å². The van der Waals surface area contributed by atoms with E-state index in [2.05, 4.69) is 40.2 Å². The van der Waals surface area contributed by atoms with E-state index in [-0.39, 0.29) is 11.7 Å². The third kappa shape index (κ3) is 5.16. The second kappa shape index (κ2) is 10.1. The number of piperazine rings is 1. The average Bonchev–Trinajstić information content (AvgIpc) is 2.80. The van der Waals surface area contributed by atoms with E-state index in [4.69, 9.17) is 0 Å². The zero-order valence-corrected chi connectivity index (χ0v) is 18.4. The highest BCUT2D eigenvalue weighted by molar-refractivity contribution is 6.01. The van der Waals surface area contributed by atoms with Crippen LogP contribution in [0.15, 0.2) is 54.1 Å². The van der Waals surface area contributed by atoms with Gasteiger partial charge in [-0.15, -0.1) is 0 Å². The van der Waals surface area contributed by atoms with Crippen LogP contribution in [0.4, 0.5) is 10.1 Å². The number of allylic oxidation sites excluding steroid dienone is 1. The Morgan fingerprint density at radius 3 is 2.52 bits per heavy atom. The SMILES string of the molecule is CC1=C(C(=O)NCCCCN2CCN(c3ccccc3F)CC2)CCc2ccccc21. The van der Waals surface area contributed by atoms with Crippen LogP contribution in [0.25, 0.3) is 5.57 Å². The topological polar surface area (TPSA) is 35.6 Å². The molecule has 1 aliphatic heterocycles. The molecule has 0 atom stereocenters. The van der Waals surface area contributed by atoms with Crippen LogP contribution in [-0.4, -0.2) is 50.1 Å². The zero-order valence-electron chi connectivity index (χ0n) is 18.4. The van der Waals surface area contributed by atoms with Crippen molar-refractivity contribution in [3.63, 3.8) is 0 Å². The van der Waals surface area contributed by atoms with E-state index < -0.39 is 0 Å². The first-order valence-electron chi connectivity index (χ1n) is 11.4. The van der Waals surface area contributed by atoms with Gasteiger partial charge in [0.25, 0.3) is 0 Å². The van der Waals surface area contributed by atoms with Gasteiger partial charge in [0.15, 0.2) is 0 Å². The van der Waals surface area contributed by atoms with E-state index in [1.165, 1.54) is 17.2 Å². The number of anilines is 1. The number of halogens is 1. The number of hydrogen-bond donors (Lipinski definition) is 1. The molecule has 2 aromatic rings. The summed E-state index contributed by atoms with van der Waals surface area (Å²) in [5.74, 6) is -0.0518.